The van der Waals surface area contributed by atoms with Gasteiger partial charge in [0, 0.05) is 30.5 Å². The van der Waals surface area contributed by atoms with Crippen molar-refractivity contribution in [2.75, 3.05) is 18.1 Å². The second-order valence-electron chi connectivity index (χ2n) is 5.73. The van der Waals surface area contributed by atoms with Gasteiger partial charge >= 0.3 is 0 Å². The van der Waals surface area contributed by atoms with E-state index in [0.29, 0.717) is 12.5 Å². The lowest BCUT2D eigenvalue weighted by Gasteiger charge is -2.23. The molecule has 1 fully saturated rings. The summed E-state index contributed by atoms with van der Waals surface area (Å²) < 4.78 is 0. The van der Waals surface area contributed by atoms with Crippen LogP contribution in [0.1, 0.15) is 35.6 Å². The Kier molecular flexibility index (Phi) is 5.97. The summed E-state index contributed by atoms with van der Waals surface area (Å²) in [6.45, 7) is 3.18. The molecule has 5 heteroatoms. The molecule has 1 aromatic carbocycles. The van der Waals surface area contributed by atoms with E-state index >= 15 is 0 Å². The fourth-order valence-corrected chi connectivity index (χ4v) is 4.16. The van der Waals surface area contributed by atoms with Crippen LogP contribution in [0.25, 0.3) is 0 Å². The number of hydrogen-bond acceptors (Lipinski definition) is 3. The number of thioether (sulfide) groups is 1. The van der Waals surface area contributed by atoms with Gasteiger partial charge in [-0.3, -0.25) is 4.79 Å². The molecular formula is C16H23ClN2OS. The van der Waals surface area contributed by atoms with E-state index in [4.69, 9.17) is 0 Å². The van der Waals surface area contributed by atoms with Crippen LogP contribution >= 0.6 is 24.2 Å². The van der Waals surface area contributed by atoms with E-state index in [2.05, 4.69) is 35.8 Å². The Bertz CT molecular complexity index is 503. The topological polar surface area (TPSA) is 41.1 Å². The molecule has 2 aliphatic rings. The van der Waals surface area contributed by atoms with Gasteiger partial charge < -0.3 is 10.6 Å². The van der Waals surface area contributed by atoms with Gasteiger partial charge in [-0.05, 0) is 36.5 Å². The van der Waals surface area contributed by atoms with Gasteiger partial charge in [0.15, 0.2) is 0 Å². The van der Waals surface area contributed by atoms with Crippen LogP contribution < -0.4 is 10.6 Å². The van der Waals surface area contributed by atoms with Crippen molar-refractivity contribution in [1.82, 2.24) is 10.6 Å². The second-order valence-corrected chi connectivity index (χ2v) is 6.88. The highest BCUT2D eigenvalue weighted by molar-refractivity contribution is 7.99. The Morgan fingerprint density at radius 3 is 3.10 bits per heavy atom. The number of carbonyl (C=O) groups excluding carboxylic acids is 1. The number of nitrogens with one attached hydrogen (secondary N) is 2. The lowest BCUT2D eigenvalue weighted by atomic mass is 10.0. The minimum Gasteiger partial charge on any atom is -0.349 e. The van der Waals surface area contributed by atoms with Gasteiger partial charge in [-0.25, -0.2) is 0 Å². The van der Waals surface area contributed by atoms with Crippen molar-refractivity contribution in [2.24, 2.45) is 0 Å². The van der Waals surface area contributed by atoms with Crippen molar-refractivity contribution in [3.05, 3.63) is 34.9 Å². The summed E-state index contributed by atoms with van der Waals surface area (Å²) in [5, 5.41) is 6.64. The summed E-state index contributed by atoms with van der Waals surface area (Å²) in [5.74, 6) is 2.39. The molecule has 1 heterocycles. The molecule has 2 unspecified atom stereocenters. The lowest BCUT2D eigenvalue weighted by molar-refractivity contribution is -0.122. The van der Waals surface area contributed by atoms with Crippen LogP contribution in [0.4, 0.5) is 0 Å². The molecule has 0 bridgehead atoms. The van der Waals surface area contributed by atoms with E-state index in [1.807, 2.05) is 11.8 Å². The van der Waals surface area contributed by atoms with E-state index in [9.17, 15) is 4.79 Å². The Balaban J connectivity index is 0.00000161. The molecule has 21 heavy (non-hydrogen) atoms. The molecule has 1 aliphatic carbocycles. The lowest BCUT2D eigenvalue weighted by Crippen LogP contribution is -2.41. The Morgan fingerprint density at radius 2 is 2.33 bits per heavy atom. The first-order valence-electron chi connectivity index (χ1n) is 7.43. The second kappa shape index (κ2) is 7.52. The van der Waals surface area contributed by atoms with Gasteiger partial charge in [-0.1, -0.05) is 18.2 Å². The van der Waals surface area contributed by atoms with E-state index in [1.54, 1.807) is 0 Å². The molecule has 2 atom stereocenters. The highest BCUT2D eigenvalue weighted by Gasteiger charge is 2.26. The molecular weight excluding hydrogens is 304 g/mol. The highest BCUT2D eigenvalue weighted by Crippen LogP contribution is 2.33. The number of halogens is 1. The predicted molar refractivity (Wildman–Crippen MR) is 91.4 cm³/mol. The van der Waals surface area contributed by atoms with E-state index in [1.165, 1.54) is 16.7 Å². The van der Waals surface area contributed by atoms with Crippen LogP contribution in [-0.4, -0.2) is 30.0 Å². The van der Waals surface area contributed by atoms with Crippen molar-refractivity contribution in [2.45, 2.75) is 38.3 Å². The number of rotatable bonds is 3. The molecule has 3 rings (SSSR count). The summed E-state index contributed by atoms with van der Waals surface area (Å²) in [6, 6.07) is 6.97. The third-order valence-electron chi connectivity index (χ3n) is 4.27. The maximum atomic E-state index is 12.2. The van der Waals surface area contributed by atoms with Crippen LogP contribution in [-0.2, 0) is 11.2 Å². The van der Waals surface area contributed by atoms with E-state index < -0.39 is 0 Å². The summed E-state index contributed by atoms with van der Waals surface area (Å²) in [5.41, 5.74) is 4.11. The number of aryl methyl sites for hydroxylation is 1. The van der Waals surface area contributed by atoms with Crippen molar-refractivity contribution in [3.8, 4) is 0 Å². The SMILES string of the molecule is Cc1cccc2c1CCC2NC(=O)CC1CSCCN1.Cl. The van der Waals surface area contributed by atoms with Crippen LogP contribution in [0.2, 0.25) is 0 Å². The summed E-state index contributed by atoms with van der Waals surface area (Å²) in [6.07, 6.45) is 2.73. The first kappa shape index (κ1) is 16.7. The number of carbonyl (C=O) groups is 1. The van der Waals surface area contributed by atoms with Gasteiger partial charge in [0.25, 0.3) is 0 Å². The minimum atomic E-state index is 0. The maximum Gasteiger partial charge on any atom is 0.222 e. The van der Waals surface area contributed by atoms with Crippen LogP contribution in [0.5, 0.6) is 0 Å². The quantitative estimate of drug-likeness (QED) is 0.897. The molecule has 0 saturated carbocycles. The standard InChI is InChI=1S/C16H22N2OS.ClH/c1-11-3-2-4-14-13(11)5-6-15(14)18-16(19)9-12-10-20-8-7-17-12;/h2-4,12,15,17H,5-10H2,1H3,(H,18,19);1H. The van der Waals surface area contributed by atoms with Gasteiger partial charge in [-0.15, -0.1) is 12.4 Å². The van der Waals surface area contributed by atoms with Gasteiger partial charge in [0.1, 0.15) is 0 Å². The van der Waals surface area contributed by atoms with E-state index in [-0.39, 0.29) is 24.4 Å². The average molecular weight is 327 g/mol. The fourth-order valence-electron chi connectivity index (χ4n) is 3.21. The van der Waals surface area contributed by atoms with Crippen molar-refractivity contribution < 1.29 is 4.79 Å². The normalized spacial score (nSPS) is 24.0. The third-order valence-corrected chi connectivity index (χ3v) is 5.40. The number of amides is 1. The molecule has 1 aromatic rings. The van der Waals surface area contributed by atoms with E-state index in [0.717, 1.165) is 30.9 Å². The Hall–Kier alpha value is -0.710. The minimum absolute atomic E-state index is 0. The third kappa shape index (κ3) is 3.93. The summed E-state index contributed by atoms with van der Waals surface area (Å²) in [7, 11) is 0. The molecule has 3 nitrogen and oxygen atoms in total. The Morgan fingerprint density at radius 1 is 1.48 bits per heavy atom. The smallest absolute Gasteiger partial charge is 0.222 e. The first-order chi connectivity index (χ1) is 9.74. The fraction of sp³-hybridized carbons (Fsp3) is 0.562. The number of hydrogen-bond donors (Lipinski definition) is 2. The van der Waals surface area contributed by atoms with Crippen LogP contribution in [0.3, 0.4) is 0 Å². The number of benzene rings is 1. The van der Waals surface area contributed by atoms with Crippen molar-refractivity contribution in [1.29, 1.82) is 0 Å². The molecule has 0 aromatic heterocycles. The molecule has 2 N–H and O–H groups in total. The van der Waals surface area contributed by atoms with Crippen LogP contribution in [0.15, 0.2) is 18.2 Å². The number of fused-ring (bicyclic) bond motifs is 1. The first-order valence-corrected chi connectivity index (χ1v) is 8.58. The molecule has 116 valence electrons. The summed E-state index contributed by atoms with van der Waals surface area (Å²) in [4.78, 5) is 12.2. The largest absolute Gasteiger partial charge is 0.349 e. The zero-order valence-electron chi connectivity index (χ0n) is 12.4. The molecule has 1 saturated heterocycles. The average Bonchev–Trinajstić information content (AvgIpc) is 2.84. The van der Waals surface area contributed by atoms with Crippen molar-refractivity contribution in [3.63, 3.8) is 0 Å². The monoisotopic (exact) mass is 326 g/mol. The molecule has 1 aliphatic heterocycles. The summed E-state index contributed by atoms with van der Waals surface area (Å²) >= 11 is 1.94. The zero-order valence-corrected chi connectivity index (χ0v) is 14.0. The molecule has 0 spiro atoms. The Labute approximate surface area is 137 Å². The highest BCUT2D eigenvalue weighted by atomic mass is 35.5. The van der Waals surface area contributed by atoms with Gasteiger partial charge in [-0.2, -0.15) is 11.8 Å². The molecule has 0 radical (unpaired) electrons. The van der Waals surface area contributed by atoms with Crippen molar-refractivity contribution >= 4 is 30.1 Å². The maximum absolute atomic E-state index is 12.2. The predicted octanol–water partition coefficient (Wildman–Crippen LogP) is 2.62. The van der Waals surface area contributed by atoms with Gasteiger partial charge in [0.2, 0.25) is 5.91 Å². The molecule has 1 amide bonds. The zero-order chi connectivity index (χ0) is 13.9. The van der Waals surface area contributed by atoms with Gasteiger partial charge in [0.05, 0.1) is 6.04 Å². The van der Waals surface area contributed by atoms with Crippen LogP contribution in [0, 0.1) is 6.92 Å².